The molecule has 0 saturated carbocycles. The quantitative estimate of drug-likeness (QED) is 0.0547. The zero-order valence-corrected chi connectivity index (χ0v) is 27.7. The van der Waals surface area contributed by atoms with E-state index in [9.17, 15) is 14.7 Å². The minimum Gasteiger partial charge on any atom is -0.396 e. The third-order valence-corrected chi connectivity index (χ3v) is 8.56. The molecular formula is C36H72N2O4. The number of aliphatic hydroxyl groups excluding tert-OH is 2. The summed E-state index contributed by atoms with van der Waals surface area (Å²) in [4.78, 5) is 22.8. The molecule has 6 nitrogen and oxygen atoms in total. The number of carbonyl (C=O) groups excluding carboxylic acids is 2. The Bertz CT molecular complexity index is 573. The fourth-order valence-corrected chi connectivity index (χ4v) is 5.75. The van der Waals surface area contributed by atoms with Crippen molar-refractivity contribution in [1.82, 2.24) is 5.32 Å². The molecule has 1 unspecified atom stereocenters. The molecule has 1 atom stereocenters. The second-order valence-corrected chi connectivity index (χ2v) is 12.8. The molecule has 0 aromatic rings. The minimum absolute atomic E-state index is 0.200. The highest BCUT2D eigenvalue weighted by Gasteiger charge is 2.05. The van der Waals surface area contributed by atoms with E-state index in [2.05, 4.69) is 5.32 Å². The summed E-state index contributed by atoms with van der Waals surface area (Å²) in [6.07, 6.45) is 35.7. The smallest absolute Gasteiger partial charge is 0.219 e. The van der Waals surface area contributed by atoms with Gasteiger partial charge in [0.15, 0.2) is 0 Å². The molecule has 0 aliphatic rings. The second-order valence-electron chi connectivity index (χ2n) is 12.8. The van der Waals surface area contributed by atoms with Crippen LogP contribution in [0.15, 0.2) is 0 Å². The van der Waals surface area contributed by atoms with Gasteiger partial charge in [0, 0.05) is 26.0 Å². The lowest BCUT2D eigenvalue weighted by molar-refractivity contribution is -0.121. The van der Waals surface area contributed by atoms with E-state index >= 15 is 0 Å². The van der Waals surface area contributed by atoms with Gasteiger partial charge in [0.1, 0.15) is 0 Å². The summed E-state index contributed by atoms with van der Waals surface area (Å²) >= 11 is 0. The van der Waals surface area contributed by atoms with E-state index in [-0.39, 0.29) is 17.9 Å². The largest absolute Gasteiger partial charge is 0.396 e. The summed E-state index contributed by atoms with van der Waals surface area (Å²) in [6, 6.07) is 0. The summed E-state index contributed by atoms with van der Waals surface area (Å²) in [6.45, 7) is 1.19. The Labute approximate surface area is 260 Å². The molecule has 0 spiro atoms. The first-order valence-electron chi connectivity index (χ1n) is 18.4. The van der Waals surface area contributed by atoms with Crippen molar-refractivity contribution in [2.24, 2.45) is 5.73 Å². The summed E-state index contributed by atoms with van der Waals surface area (Å²) in [5.41, 5.74) is 5.14. The standard InChI is InChI=1S/C36H72N2O4/c37-35(41)30-24-21-23-29-34(40)28-22-17-13-9-10-14-18-25-31-36(42)38-32-26-19-15-11-7-5-3-1-2-4-6-8-12-16-20-27-33-39/h34,39-40H,1-33H2,(H2,37,41)(H,38,42). The fraction of sp³-hybridized carbons (Fsp3) is 0.944. The molecule has 42 heavy (non-hydrogen) atoms. The van der Waals surface area contributed by atoms with Crippen LogP contribution in [0.1, 0.15) is 199 Å². The summed E-state index contributed by atoms with van der Waals surface area (Å²) in [5, 5.41) is 21.9. The number of rotatable bonds is 35. The first kappa shape index (κ1) is 40.9. The molecule has 0 bridgehead atoms. The van der Waals surface area contributed by atoms with Gasteiger partial charge in [-0.05, 0) is 38.5 Å². The van der Waals surface area contributed by atoms with Crippen LogP contribution in [0.25, 0.3) is 0 Å². The molecule has 0 rings (SSSR count). The van der Waals surface area contributed by atoms with E-state index in [0.717, 1.165) is 70.8 Å². The van der Waals surface area contributed by atoms with Gasteiger partial charge in [0.05, 0.1) is 6.10 Å². The maximum atomic E-state index is 12.0. The molecule has 0 aromatic carbocycles. The molecule has 0 fully saturated rings. The highest BCUT2D eigenvalue weighted by atomic mass is 16.3. The number of nitrogens with one attached hydrogen (secondary N) is 1. The lowest BCUT2D eigenvalue weighted by atomic mass is 10.0. The number of hydrogen-bond donors (Lipinski definition) is 4. The van der Waals surface area contributed by atoms with Crippen LogP contribution in [0.3, 0.4) is 0 Å². The van der Waals surface area contributed by atoms with E-state index < -0.39 is 0 Å². The Kier molecular flexibility index (Phi) is 33.4. The van der Waals surface area contributed by atoms with E-state index in [1.54, 1.807) is 0 Å². The SMILES string of the molecule is NC(=O)CCCCCC(O)CCCCCCCCCCC(=O)NCCCCCCCCCCCCCCCCCCO. The van der Waals surface area contributed by atoms with Crippen molar-refractivity contribution in [3.05, 3.63) is 0 Å². The number of carbonyl (C=O) groups is 2. The predicted molar refractivity (Wildman–Crippen MR) is 178 cm³/mol. The average molecular weight is 597 g/mol. The van der Waals surface area contributed by atoms with Gasteiger partial charge < -0.3 is 21.3 Å². The molecule has 2 amide bonds. The number of primary amides is 1. The molecule has 0 saturated heterocycles. The predicted octanol–water partition coefficient (Wildman–Crippen LogP) is 9.03. The number of nitrogens with two attached hydrogens (primary N) is 1. The minimum atomic E-state index is -0.232. The van der Waals surface area contributed by atoms with Crippen LogP contribution in [-0.2, 0) is 9.59 Å². The number of hydrogen-bond acceptors (Lipinski definition) is 4. The highest BCUT2D eigenvalue weighted by molar-refractivity contribution is 5.75. The fourth-order valence-electron chi connectivity index (χ4n) is 5.75. The van der Waals surface area contributed by atoms with E-state index in [1.807, 2.05) is 0 Å². The van der Waals surface area contributed by atoms with Crippen LogP contribution in [0.2, 0.25) is 0 Å². The third kappa shape index (κ3) is 35.1. The first-order valence-corrected chi connectivity index (χ1v) is 18.4. The zero-order valence-electron chi connectivity index (χ0n) is 27.7. The number of amides is 2. The average Bonchev–Trinajstić information content (AvgIpc) is 2.97. The van der Waals surface area contributed by atoms with Gasteiger partial charge in [-0.15, -0.1) is 0 Å². The second kappa shape index (κ2) is 34.4. The van der Waals surface area contributed by atoms with Crippen molar-refractivity contribution >= 4 is 11.8 Å². The van der Waals surface area contributed by atoms with Gasteiger partial charge in [0.2, 0.25) is 11.8 Å². The highest BCUT2D eigenvalue weighted by Crippen LogP contribution is 2.15. The van der Waals surface area contributed by atoms with Crippen LogP contribution in [0.5, 0.6) is 0 Å². The van der Waals surface area contributed by atoms with Crippen molar-refractivity contribution in [3.8, 4) is 0 Å². The third-order valence-electron chi connectivity index (χ3n) is 8.56. The molecule has 6 heteroatoms. The van der Waals surface area contributed by atoms with Crippen LogP contribution in [-0.4, -0.2) is 41.3 Å². The first-order chi connectivity index (χ1) is 20.6. The van der Waals surface area contributed by atoms with E-state index in [4.69, 9.17) is 10.8 Å². The molecule has 0 aliphatic heterocycles. The maximum absolute atomic E-state index is 12.0. The molecule has 250 valence electrons. The molecule has 0 aliphatic carbocycles. The van der Waals surface area contributed by atoms with Crippen molar-refractivity contribution in [3.63, 3.8) is 0 Å². The number of unbranched alkanes of at least 4 members (excludes halogenated alkanes) is 24. The van der Waals surface area contributed by atoms with Gasteiger partial charge in [-0.2, -0.15) is 0 Å². The topological polar surface area (TPSA) is 113 Å². The molecule has 0 aromatic heterocycles. The van der Waals surface area contributed by atoms with Crippen molar-refractivity contribution in [1.29, 1.82) is 0 Å². The normalized spacial score (nSPS) is 12.0. The van der Waals surface area contributed by atoms with E-state index in [1.165, 1.54) is 122 Å². The Balaban J connectivity index is 3.22. The van der Waals surface area contributed by atoms with Crippen LogP contribution >= 0.6 is 0 Å². The molecule has 0 heterocycles. The Morgan fingerprint density at radius 2 is 0.810 bits per heavy atom. The Morgan fingerprint density at radius 3 is 1.24 bits per heavy atom. The monoisotopic (exact) mass is 597 g/mol. The summed E-state index contributed by atoms with van der Waals surface area (Å²) in [5.74, 6) is -0.00721. The Morgan fingerprint density at radius 1 is 0.476 bits per heavy atom. The van der Waals surface area contributed by atoms with Gasteiger partial charge in [0.25, 0.3) is 0 Å². The van der Waals surface area contributed by atoms with Gasteiger partial charge in [-0.25, -0.2) is 0 Å². The zero-order chi connectivity index (χ0) is 30.8. The number of aliphatic hydroxyl groups is 2. The van der Waals surface area contributed by atoms with Crippen molar-refractivity contribution < 1.29 is 19.8 Å². The maximum Gasteiger partial charge on any atom is 0.219 e. The lowest BCUT2D eigenvalue weighted by Gasteiger charge is -2.10. The van der Waals surface area contributed by atoms with Gasteiger partial charge >= 0.3 is 0 Å². The van der Waals surface area contributed by atoms with Crippen LogP contribution in [0.4, 0.5) is 0 Å². The van der Waals surface area contributed by atoms with Crippen molar-refractivity contribution in [2.45, 2.75) is 205 Å². The van der Waals surface area contributed by atoms with Crippen LogP contribution in [0, 0.1) is 0 Å². The summed E-state index contributed by atoms with van der Waals surface area (Å²) in [7, 11) is 0. The Hall–Kier alpha value is -1.14. The lowest BCUT2D eigenvalue weighted by Crippen LogP contribution is -2.23. The van der Waals surface area contributed by atoms with E-state index in [0.29, 0.717) is 19.4 Å². The molecule has 5 N–H and O–H groups in total. The van der Waals surface area contributed by atoms with Gasteiger partial charge in [-0.1, -0.05) is 148 Å². The van der Waals surface area contributed by atoms with Gasteiger partial charge in [-0.3, -0.25) is 9.59 Å². The van der Waals surface area contributed by atoms with Crippen molar-refractivity contribution in [2.75, 3.05) is 13.2 Å². The summed E-state index contributed by atoms with van der Waals surface area (Å²) < 4.78 is 0. The molecular weight excluding hydrogens is 524 g/mol. The molecule has 0 radical (unpaired) electrons. The van der Waals surface area contributed by atoms with Crippen LogP contribution < -0.4 is 11.1 Å².